The van der Waals surface area contributed by atoms with E-state index in [9.17, 15) is 13.2 Å². The van der Waals surface area contributed by atoms with Crippen molar-refractivity contribution >= 4 is 37.5 Å². The van der Waals surface area contributed by atoms with Gasteiger partial charge in [-0.25, -0.2) is 8.42 Å². The van der Waals surface area contributed by atoms with Gasteiger partial charge in [-0.15, -0.1) is 0 Å². The average molecular weight is 429 g/mol. The predicted molar refractivity (Wildman–Crippen MR) is 100 cm³/mol. The smallest absolute Gasteiger partial charge is 0.291 e. The van der Waals surface area contributed by atoms with Crippen LogP contribution in [-0.4, -0.2) is 31.7 Å². The van der Waals surface area contributed by atoms with Gasteiger partial charge in [-0.05, 0) is 65.2 Å². The minimum absolute atomic E-state index is 0.140. The van der Waals surface area contributed by atoms with Gasteiger partial charge in [-0.1, -0.05) is 13.8 Å². The van der Waals surface area contributed by atoms with Gasteiger partial charge >= 0.3 is 0 Å². The number of nitrogens with one attached hydrogen (secondary N) is 1. The van der Waals surface area contributed by atoms with Gasteiger partial charge in [-0.3, -0.25) is 4.79 Å². The van der Waals surface area contributed by atoms with Crippen LogP contribution in [0.1, 0.15) is 35.5 Å². The summed E-state index contributed by atoms with van der Waals surface area (Å²) in [6.07, 6.45) is 0. The number of carbonyl (C=O) groups excluding carboxylic acids is 1. The van der Waals surface area contributed by atoms with Gasteiger partial charge in [0.25, 0.3) is 5.91 Å². The predicted octanol–water partition coefficient (Wildman–Crippen LogP) is 3.94. The molecule has 0 aliphatic rings. The summed E-state index contributed by atoms with van der Waals surface area (Å²) in [7, 11) is -3.61. The number of benzene rings is 1. The number of hydrogen-bond acceptors (Lipinski definition) is 4. The summed E-state index contributed by atoms with van der Waals surface area (Å²) in [6, 6.07) is 6.28. The number of rotatable bonds is 6. The molecule has 136 valence electrons. The van der Waals surface area contributed by atoms with Gasteiger partial charge in [0.15, 0.2) is 10.4 Å². The molecule has 0 radical (unpaired) electrons. The van der Waals surface area contributed by atoms with Gasteiger partial charge in [0.1, 0.15) is 0 Å². The van der Waals surface area contributed by atoms with E-state index < -0.39 is 15.9 Å². The van der Waals surface area contributed by atoms with E-state index in [2.05, 4.69) is 21.2 Å². The molecule has 1 N–H and O–H groups in total. The third kappa shape index (κ3) is 4.13. The fourth-order valence-electron chi connectivity index (χ4n) is 2.44. The highest BCUT2D eigenvalue weighted by atomic mass is 79.9. The third-order valence-electron chi connectivity index (χ3n) is 4.03. The van der Waals surface area contributed by atoms with E-state index in [0.717, 1.165) is 11.1 Å². The first kappa shape index (κ1) is 19.7. The maximum atomic E-state index is 12.8. The van der Waals surface area contributed by atoms with Crippen molar-refractivity contribution in [2.24, 2.45) is 0 Å². The molecule has 1 amide bonds. The zero-order chi connectivity index (χ0) is 18.8. The molecule has 25 heavy (non-hydrogen) atoms. The Balaban J connectivity index is 2.43. The molecule has 1 aromatic carbocycles. The first-order valence-corrected chi connectivity index (χ1v) is 10.1. The van der Waals surface area contributed by atoms with E-state index >= 15 is 0 Å². The van der Waals surface area contributed by atoms with Crippen LogP contribution in [0.4, 0.5) is 5.69 Å². The Hall–Kier alpha value is -1.64. The largest absolute Gasteiger partial charge is 0.444 e. The molecule has 1 heterocycles. The van der Waals surface area contributed by atoms with Crippen LogP contribution in [0.15, 0.2) is 38.2 Å². The van der Waals surface area contributed by atoms with E-state index in [0.29, 0.717) is 23.4 Å². The average Bonchev–Trinajstić information content (AvgIpc) is 2.99. The Bertz CT molecular complexity index is 886. The maximum absolute atomic E-state index is 12.8. The van der Waals surface area contributed by atoms with Crippen LogP contribution in [0.2, 0.25) is 0 Å². The lowest BCUT2D eigenvalue weighted by Gasteiger charge is -2.20. The van der Waals surface area contributed by atoms with Crippen molar-refractivity contribution in [1.82, 2.24) is 4.31 Å². The summed E-state index contributed by atoms with van der Waals surface area (Å²) in [5.41, 5.74) is 2.03. The number of nitrogens with zero attached hydrogens (tertiary/aromatic N) is 1. The number of sulfonamides is 1. The van der Waals surface area contributed by atoms with Crippen LogP contribution in [0.25, 0.3) is 0 Å². The number of aryl methyl sites for hydroxylation is 1. The second-order valence-corrected chi connectivity index (χ2v) is 8.28. The summed E-state index contributed by atoms with van der Waals surface area (Å²) >= 11 is 3.15. The maximum Gasteiger partial charge on any atom is 0.291 e. The summed E-state index contributed by atoms with van der Waals surface area (Å²) in [5.74, 6) is -0.300. The zero-order valence-electron chi connectivity index (χ0n) is 14.6. The molecule has 0 spiro atoms. The number of hydrogen-bond donors (Lipinski definition) is 1. The van der Waals surface area contributed by atoms with E-state index in [1.165, 1.54) is 16.4 Å². The first-order chi connectivity index (χ1) is 11.7. The second kappa shape index (κ2) is 7.72. The van der Waals surface area contributed by atoms with E-state index in [4.69, 9.17) is 4.42 Å². The highest BCUT2D eigenvalue weighted by Crippen LogP contribution is 2.27. The van der Waals surface area contributed by atoms with Crippen molar-refractivity contribution < 1.29 is 17.6 Å². The molecule has 1 aromatic heterocycles. The summed E-state index contributed by atoms with van der Waals surface area (Å²) in [6.45, 7) is 7.99. The molecule has 0 aliphatic carbocycles. The number of anilines is 1. The van der Waals surface area contributed by atoms with E-state index in [1.807, 2.05) is 13.8 Å². The third-order valence-corrected chi connectivity index (χ3v) is 6.48. The Morgan fingerprint density at radius 2 is 1.84 bits per heavy atom. The Morgan fingerprint density at radius 1 is 1.20 bits per heavy atom. The van der Waals surface area contributed by atoms with Crippen molar-refractivity contribution in [3.05, 3.63) is 45.8 Å². The minimum Gasteiger partial charge on any atom is -0.444 e. The standard InChI is InChI=1S/C17H21BrN2O4S/c1-5-20(6-2)25(22,23)13-9-11(3)12(4)14(10-13)19-17(21)15-7-8-16(18)24-15/h7-10H,5-6H2,1-4H3,(H,19,21). The minimum atomic E-state index is -3.61. The summed E-state index contributed by atoms with van der Waals surface area (Å²) < 4.78 is 32.6. The fraction of sp³-hybridized carbons (Fsp3) is 0.353. The quantitative estimate of drug-likeness (QED) is 0.755. The number of amides is 1. The molecule has 0 saturated heterocycles. The van der Waals surface area contributed by atoms with Crippen LogP contribution >= 0.6 is 15.9 Å². The van der Waals surface area contributed by atoms with Crippen molar-refractivity contribution in [3.63, 3.8) is 0 Å². The SMILES string of the molecule is CCN(CC)S(=O)(=O)c1cc(C)c(C)c(NC(=O)c2ccc(Br)o2)c1. The molecule has 0 bridgehead atoms. The van der Waals surface area contributed by atoms with Crippen LogP contribution in [-0.2, 0) is 10.0 Å². The monoisotopic (exact) mass is 428 g/mol. The zero-order valence-corrected chi connectivity index (χ0v) is 17.0. The molecular weight excluding hydrogens is 408 g/mol. The molecule has 6 nitrogen and oxygen atoms in total. The van der Waals surface area contributed by atoms with Crippen molar-refractivity contribution in [3.8, 4) is 0 Å². The van der Waals surface area contributed by atoms with Crippen LogP contribution in [0.3, 0.4) is 0 Å². The molecule has 0 saturated carbocycles. The van der Waals surface area contributed by atoms with Gasteiger partial charge in [-0.2, -0.15) is 4.31 Å². The van der Waals surface area contributed by atoms with Crippen LogP contribution in [0.5, 0.6) is 0 Å². The number of halogens is 1. The highest BCUT2D eigenvalue weighted by molar-refractivity contribution is 9.10. The van der Waals surface area contributed by atoms with Crippen LogP contribution < -0.4 is 5.32 Å². The van der Waals surface area contributed by atoms with Gasteiger partial charge in [0.2, 0.25) is 10.0 Å². The van der Waals surface area contributed by atoms with Crippen molar-refractivity contribution in [1.29, 1.82) is 0 Å². The molecule has 0 fully saturated rings. The van der Waals surface area contributed by atoms with E-state index in [-0.39, 0.29) is 10.7 Å². The van der Waals surface area contributed by atoms with Gasteiger partial charge in [0.05, 0.1) is 4.90 Å². The lowest BCUT2D eigenvalue weighted by Crippen LogP contribution is -2.30. The van der Waals surface area contributed by atoms with E-state index in [1.54, 1.807) is 26.0 Å². The number of carbonyl (C=O) groups is 1. The Labute approximate surface area is 156 Å². The number of furan rings is 1. The lowest BCUT2D eigenvalue weighted by molar-refractivity contribution is 0.0995. The van der Waals surface area contributed by atoms with Gasteiger partial charge < -0.3 is 9.73 Å². The molecule has 0 aliphatic heterocycles. The summed E-state index contributed by atoms with van der Waals surface area (Å²) in [5, 5.41) is 2.73. The normalized spacial score (nSPS) is 11.8. The second-order valence-electron chi connectivity index (χ2n) is 5.56. The molecule has 2 aromatic rings. The Morgan fingerprint density at radius 3 is 2.36 bits per heavy atom. The molecule has 0 atom stereocenters. The molecule has 8 heteroatoms. The van der Waals surface area contributed by atoms with Gasteiger partial charge in [0, 0.05) is 18.8 Å². The summed E-state index contributed by atoms with van der Waals surface area (Å²) in [4.78, 5) is 12.5. The molecule has 2 rings (SSSR count). The van der Waals surface area contributed by atoms with Crippen LogP contribution in [0, 0.1) is 13.8 Å². The Kier molecular flexibility index (Phi) is 6.08. The topological polar surface area (TPSA) is 79.6 Å². The van der Waals surface area contributed by atoms with Crippen molar-refractivity contribution in [2.75, 3.05) is 18.4 Å². The molecule has 0 unspecified atom stereocenters. The van der Waals surface area contributed by atoms with Crippen molar-refractivity contribution in [2.45, 2.75) is 32.6 Å². The lowest BCUT2D eigenvalue weighted by atomic mass is 10.1. The molecular formula is C17H21BrN2O4S. The highest BCUT2D eigenvalue weighted by Gasteiger charge is 2.24. The fourth-order valence-corrected chi connectivity index (χ4v) is 4.31. The first-order valence-electron chi connectivity index (χ1n) is 7.88.